The van der Waals surface area contributed by atoms with Crippen molar-refractivity contribution in [1.29, 1.82) is 5.26 Å². The number of Topliss-reactive ketones (excluding diaryl/α,β-unsaturated/α-hetero) is 1. The summed E-state index contributed by atoms with van der Waals surface area (Å²) in [5.74, 6) is -0.951. The maximum atomic E-state index is 12.9. The number of anilines is 2. The van der Waals surface area contributed by atoms with E-state index in [1.54, 1.807) is 30.8 Å². The number of hydrogen-bond donors (Lipinski definition) is 0. The first kappa shape index (κ1) is 24.0. The van der Waals surface area contributed by atoms with Crippen molar-refractivity contribution >= 4 is 34.7 Å². The van der Waals surface area contributed by atoms with Crippen molar-refractivity contribution in [3.8, 4) is 6.07 Å². The summed E-state index contributed by atoms with van der Waals surface area (Å²) in [5, 5.41) is 14.2. The summed E-state index contributed by atoms with van der Waals surface area (Å²) in [6.07, 6.45) is 0. The number of rotatable bonds is 6. The topological polar surface area (TPSA) is 91.5 Å². The van der Waals surface area contributed by atoms with E-state index in [1.807, 2.05) is 61.5 Å². The van der Waals surface area contributed by atoms with Crippen LogP contribution in [0.5, 0.6) is 0 Å². The molecule has 0 fully saturated rings. The van der Waals surface area contributed by atoms with E-state index in [9.17, 15) is 14.9 Å². The third kappa shape index (κ3) is 4.51. The highest BCUT2D eigenvalue weighted by Crippen LogP contribution is 2.40. The van der Waals surface area contributed by atoms with Crippen LogP contribution < -0.4 is 9.80 Å². The van der Waals surface area contributed by atoms with E-state index in [0.29, 0.717) is 18.1 Å². The van der Waals surface area contributed by atoms with Crippen LogP contribution in [0.4, 0.5) is 11.4 Å². The number of nitriles is 1. The Bertz CT molecular complexity index is 1350. The van der Waals surface area contributed by atoms with Gasteiger partial charge in [-0.2, -0.15) is 10.4 Å². The van der Waals surface area contributed by atoms with E-state index in [2.05, 4.69) is 5.10 Å². The van der Waals surface area contributed by atoms with Crippen LogP contribution in [0.25, 0.3) is 0 Å². The Hall–Kier alpha value is -4.09. The molecule has 0 atom stereocenters. The number of fused-ring (bicyclic) bond motifs is 1. The zero-order chi connectivity index (χ0) is 25.3. The highest BCUT2D eigenvalue weighted by molar-refractivity contribution is 6.32. The number of para-hydroxylation sites is 2. The largest absolute Gasteiger partial charge is 0.454 e. The van der Waals surface area contributed by atoms with Gasteiger partial charge in [0.05, 0.1) is 23.6 Å². The van der Waals surface area contributed by atoms with E-state index in [-0.39, 0.29) is 16.3 Å². The molecule has 2 aromatic carbocycles. The van der Waals surface area contributed by atoms with Crippen molar-refractivity contribution in [2.45, 2.75) is 20.4 Å². The Morgan fingerprint density at radius 3 is 2.20 bits per heavy atom. The molecule has 0 bridgehead atoms. The number of aryl methyl sites for hydroxylation is 2. The molecule has 1 aliphatic heterocycles. The third-order valence-corrected chi connectivity index (χ3v) is 6.30. The molecule has 0 aliphatic carbocycles. The predicted octanol–water partition coefficient (Wildman–Crippen LogP) is 4.25. The van der Waals surface area contributed by atoms with E-state index in [0.717, 1.165) is 22.5 Å². The summed E-state index contributed by atoms with van der Waals surface area (Å²) in [5.41, 5.74) is 4.24. The van der Waals surface area contributed by atoms with Crippen molar-refractivity contribution in [1.82, 2.24) is 9.78 Å². The van der Waals surface area contributed by atoms with Gasteiger partial charge in [-0.05, 0) is 31.5 Å². The Balaban J connectivity index is 1.50. The van der Waals surface area contributed by atoms with Gasteiger partial charge in [0.2, 0.25) is 5.78 Å². The van der Waals surface area contributed by atoms with E-state index < -0.39 is 18.4 Å². The van der Waals surface area contributed by atoms with Gasteiger partial charge in [0.25, 0.3) is 0 Å². The van der Waals surface area contributed by atoms with Crippen LogP contribution in [0.15, 0.2) is 59.9 Å². The van der Waals surface area contributed by atoms with Gasteiger partial charge in [0.15, 0.2) is 6.61 Å². The minimum absolute atomic E-state index is 0.0975. The Kier molecular flexibility index (Phi) is 6.63. The number of carbonyl (C=O) groups excluding carboxylic acids is 2. The van der Waals surface area contributed by atoms with E-state index >= 15 is 0 Å². The van der Waals surface area contributed by atoms with E-state index in [1.165, 1.54) is 4.68 Å². The lowest BCUT2D eigenvalue weighted by Crippen LogP contribution is -2.28. The van der Waals surface area contributed by atoms with Crippen molar-refractivity contribution in [3.63, 3.8) is 0 Å². The smallest absolute Gasteiger partial charge is 0.343 e. The molecule has 1 aromatic heterocycles. The van der Waals surface area contributed by atoms with Gasteiger partial charge in [-0.25, -0.2) is 9.48 Å². The minimum atomic E-state index is -0.769. The fourth-order valence-electron chi connectivity index (χ4n) is 4.09. The fraction of sp³-hybridized carbons (Fsp3) is 0.231. The van der Waals surface area contributed by atoms with Crippen LogP contribution in [-0.4, -0.2) is 42.2 Å². The molecule has 0 spiro atoms. The van der Waals surface area contributed by atoms with Crippen molar-refractivity contribution in [2.75, 3.05) is 30.5 Å². The molecule has 178 valence electrons. The fourth-order valence-corrected chi connectivity index (χ4v) is 4.40. The van der Waals surface area contributed by atoms with Crippen molar-refractivity contribution in [3.05, 3.63) is 87.5 Å². The second-order valence-electron chi connectivity index (χ2n) is 8.31. The zero-order valence-corrected chi connectivity index (χ0v) is 20.6. The number of esters is 1. The number of hydrogen-bond acceptors (Lipinski definition) is 7. The van der Waals surface area contributed by atoms with Crippen LogP contribution >= 0.6 is 11.6 Å². The van der Waals surface area contributed by atoms with Crippen molar-refractivity contribution < 1.29 is 14.3 Å². The lowest BCUT2D eigenvalue weighted by molar-refractivity contribution is -0.118. The summed E-state index contributed by atoms with van der Waals surface area (Å²) < 4.78 is 6.79. The SMILES string of the molecule is Cc1ccc(Cn2nc(C)c(C(=O)OCC(=O)C(C#N)=C3N(C)c4ccccc4N3C)c2Cl)cc1. The quantitative estimate of drug-likeness (QED) is 0.290. The van der Waals surface area contributed by atoms with Crippen LogP contribution in [0.1, 0.15) is 27.2 Å². The number of benzene rings is 2. The molecule has 0 saturated carbocycles. The summed E-state index contributed by atoms with van der Waals surface area (Å²) in [6, 6.07) is 17.4. The normalized spacial score (nSPS) is 12.4. The molecule has 2 heterocycles. The Morgan fingerprint density at radius 1 is 1.03 bits per heavy atom. The molecule has 4 rings (SSSR count). The molecule has 0 saturated heterocycles. The monoisotopic (exact) mass is 489 g/mol. The summed E-state index contributed by atoms with van der Waals surface area (Å²) >= 11 is 6.44. The van der Waals surface area contributed by atoms with Crippen LogP contribution in [0.2, 0.25) is 5.15 Å². The molecule has 0 radical (unpaired) electrons. The predicted molar refractivity (Wildman–Crippen MR) is 133 cm³/mol. The second kappa shape index (κ2) is 9.65. The number of halogens is 1. The Morgan fingerprint density at radius 2 is 1.63 bits per heavy atom. The average Bonchev–Trinajstić information content (AvgIpc) is 3.26. The van der Waals surface area contributed by atoms with Gasteiger partial charge in [-0.15, -0.1) is 0 Å². The first-order valence-corrected chi connectivity index (χ1v) is 11.3. The van der Waals surface area contributed by atoms with Gasteiger partial charge in [-0.3, -0.25) is 4.79 Å². The number of carbonyl (C=O) groups is 2. The molecule has 3 aromatic rings. The molecule has 0 unspecified atom stereocenters. The molecular formula is C26H24ClN5O3. The molecule has 8 nitrogen and oxygen atoms in total. The summed E-state index contributed by atoms with van der Waals surface area (Å²) in [6.45, 7) is 3.44. The highest BCUT2D eigenvalue weighted by atomic mass is 35.5. The first-order valence-electron chi connectivity index (χ1n) is 10.9. The van der Waals surface area contributed by atoms with Gasteiger partial charge >= 0.3 is 5.97 Å². The molecule has 35 heavy (non-hydrogen) atoms. The Labute approximate surface area is 208 Å². The third-order valence-electron chi connectivity index (χ3n) is 5.91. The highest BCUT2D eigenvalue weighted by Gasteiger charge is 2.32. The van der Waals surface area contributed by atoms with E-state index in [4.69, 9.17) is 16.3 Å². The molecule has 0 N–H and O–H groups in total. The number of ether oxygens (including phenoxy) is 1. The lowest BCUT2D eigenvalue weighted by Gasteiger charge is -2.19. The second-order valence-corrected chi connectivity index (χ2v) is 8.67. The van der Waals surface area contributed by atoms with Crippen LogP contribution in [0.3, 0.4) is 0 Å². The summed E-state index contributed by atoms with van der Waals surface area (Å²) in [7, 11) is 3.56. The van der Waals surface area contributed by atoms with Crippen LogP contribution in [-0.2, 0) is 16.1 Å². The van der Waals surface area contributed by atoms with Crippen molar-refractivity contribution in [2.24, 2.45) is 0 Å². The van der Waals surface area contributed by atoms with Gasteiger partial charge in [0.1, 0.15) is 28.2 Å². The molecule has 9 heteroatoms. The summed E-state index contributed by atoms with van der Waals surface area (Å²) in [4.78, 5) is 29.3. The lowest BCUT2D eigenvalue weighted by atomic mass is 10.1. The average molecular weight is 490 g/mol. The van der Waals surface area contributed by atoms with Gasteiger partial charge in [-0.1, -0.05) is 53.6 Å². The maximum Gasteiger partial charge on any atom is 0.343 e. The minimum Gasteiger partial charge on any atom is -0.454 e. The molecular weight excluding hydrogens is 466 g/mol. The van der Waals surface area contributed by atoms with Gasteiger partial charge in [0, 0.05) is 14.1 Å². The molecule has 1 aliphatic rings. The van der Waals surface area contributed by atoms with Crippen LogP contribution in [0, 0.1) is 25.2 Å². The molecule has 0 amide bonds. The maximum absolute atomic E-state index is 12.9. The first-order chi connectivity index (χ1) is 16.7. The number of ketones is 1. The van der Waals surface area contributed by atoms with Gasteiger partial charge < -0.3 is 14.5 Å². The standard InChI is InChI=1S/C26H24ClN5O3/c1-16-9-11-18(12-10-16)14-32-24(27)23(17(2)29-32)26(34)35-15-22(33)19(13-28)25-30(3)20-7-5-6-8-21(20)31(25)4/h5-12H,14-15H2,1-4H3. The number of aromatic nitrogens is 2. The zero-order valence-electron chi connectivity index (χ0n) is 19.9. The number of nitrogens with zero attached hydrogens (tertiary/aromatic N) is 5.